The van der Waals surface area contributed by atoms with Crippen LogP contribution in [0.4, 0.5) is 0 Å². The lowest BCUT2D eigenvalue weighted by Gasteiger charge is -2.37. The fraction of sp³-hybridized carbons (Fsp3) is 0.368. The molecule has 1 nitrogen and oxygen atoms in total. The second-order valence-corrected chi connectivity index (χ2v) is 7.37. The van der Waals surface area contributed by atoms with Crippen molar-refractivity contribution in [3.05, 3.63) is 69.2 Å². The Balaban J connectivity index is 0.00000156. The van der Waals surface area contributed by atoms with Gasteiger partial charge in [-0.3, -0.25) is 0 Å². The lowest BCUT2D eigenvalue weighted by atomic mass is 9.71. The maximum Gasteiger partial charge on any atom is 0.0459 e. The first-order valence-corrected chi connectivity index (χ1v) is 8.65. The van der Waals surface area contributed by atoms with Crippen LogP contribution in [0.15, 0.2) is 42.5 Å². The van der Waals surface area contributed by atoms with Gasteiger partial charge in [-0.2, -0.15) is 0 Å². The van der Waals surface area contributed by atoms with E-state index < -0.39 is 0 Å². The summed E-state index contributed by atoms with van der Waals surface area (Å²) in [6.45, 7) is 1.19. The highest BCUT2D eigenvalue weighted by atomic mass is 35.5. The third kappa shape index (κ3) is 2.89. The standard InChI is InChI=1S/C19H19Cl2N.ClH/c1-22-9-8-16-13-4-2-3-5-14(13)17(11-19(16)22)15-7-6-12(20)10-18(15)21;/h2-7,10,16-17,19H,8-9,11H2,1H3;1H/t16?,17?,19-;/m0./s1. The number of nitrogens with zero attached hydrogens (tertiary/aromatic N) is 1. The molecule has 0 aromatic heterocycles. The molecule has 1 fully saturated rings. The van der Waals surface area contributed by atoms with Crippen LogP contribution in [0.1, 0.15) is 41.4 Å². The smallest absolute Gasteiger partial charge is 0.0459 e. The molecule has 122 valence electrons. The summed E-state index contributed by atoms with van der Waals surface area (Å²) in [6.07, 6.45) is 2.40. The molecule has 0 spiro atoms. The lowest BCUT2D eigenvalue weighted by molar-refractivity contribution is 0.265. The van der Waals surface area contributed by atoms with Gasteiger partial charge in [0, 0.05) is 27.9 Å². The zero-order valence-electron chi connectivity index (χ0n) is 13.0. The number of hydrogen-bond donors (Lipinski definition) is 0. The van der Waals surface area contributed by atoms with Crippen LogP contribution in [0, 0.1) is 0 Å². The van der Waals surface area contributed by atoms with Crippen LogP contribution in [0.3, 0.4) is 0 Å². The van der Waals surface area contributed by atoms with Gasteiger partial charge < -0.3 is 4.90 Å². The fourth-order valence-corrected chi connectivity index (χ4v) is 4.87. The third-order valence-electron chi connectivity index (χ3n) is 5.41. The summed E-state index contributed by atoms with van der Waals surface area (Å²) in [5.74, 6) is 1.03. The van der Waals surface area contributed by atoms with E-state index in [1.165, 1.54) is 29.7 Å². The van der Waals surface area contributed by atoms with Crippen LogP contribution in [-0.2, 0) is 0 Å². The molecule has 1 aliphatic carbocycles. The molecule has 23 heavy (non-hydrogen) atoms. The van der Waals surface area contributed by atoms with Gasteiger partial charge in [-0.15, -0.1) is 12.4 Å². The minimum Gasteiger partial charge on any atom is -0.303 e. The molecule has 2 unspecified atom stereocenters. The first kappa shape index (κ1) is 17.1. The van der Waals surface area contributed by atoms with Gasteiger partial charge in [0.15, 0.2) is 0 Å². The molecule has 1 saturated heterocycles. The highest BCUT2D eigenvalue weighted by Crippen LogP contribution is 2.49. The molecule has 2 aliphatic rings. The van der Waals surface area contributed by atoms with Crippen molar-refractivity contribution in [2.24, 2.45) is 0 Å². The Kier molecular flexibility index (Phi) is 4.94. The zero-order chi connectivity index (χ0) is 15.3. The Morgan fingerprint density at radius 1 is 1.00 bits per heavy atom. The Hall–Kier alpha value is -0.730. The molecule has 0 bridgehead atoms. The summed E-state index contributed by atoms with van der Waals surface area (Å²) in [5, 5.41) is 1.49. The lowest BCUT2D eigenvalue weighted by Crippen LogP contribution is -2.34. The SMILES string of the molecule is CN1CCC2c3ccccc3C(c3ccc(Cl)cc3Cl)C[C@@H]21.Cl. The summed E-state index contributed by atoms with van der Waals surface area (Å²) >= 11 is 12.6. The van der Waals surface area contributed by atoms with Gasteiger partial charge in [0.05, 0.1) is 0 Å². The molecule has 2 aromatic carbocycles. The number of halogens is 3. The summed E-state index contributed by atoms with van der Waals surface area (Å²) < 4.78 is 0. The monoisotopic (exact) mass is 367 g/mol. The molecule has 1 aliphatic heterocycles. The van der Waals surface area contributed by atoms with Crippen LogP contribution in [-0.4, -0.2) is 24.5 Å². The molecule has 4 rings (SSSR count). The van der Waals surface area contributed by atoms with Crippen molar-refractivity contribution < 1.29 is 0 Å². The van der Waals surface area contributed by atoms with Gasteiger partial charge in [0.25, 0.3) is 0 Å². The predicted octanol–water partition coefficient (Wildman–Crippen LogP) is 5.74. The number of benzene rings is 2. The largest absolute Gasteiger partial charge is 0.303 e. The van der Waals surface area contributed by atoms with Crippen molar-refractivity contribution in [2.75, 3.05) is 13.6 Å². The number of likely N-dealkylation sites (tertiary alicyclic amines) is 1. The molecule has 0 amide bonds. The summed E-state index contributed by atoms with van der Waals surface area (Å²) in [5.41, 5.74) is 4.17. The zero-order valence-corrected chi connectivity index (χ0v) is 15.3. The minimum absolute atomic E-state index is 0. The molecule has 0 radical (unpaired) electrons. The molecule has 2 aromatic rings. The predicted molar refractivity (Wildman–Crippen MR) is 100 cm³/mol. The average molecular weight is 369 g/mol. The Labute approximate surface area is 154 Å². The number of fused-ring (bicyclic) bond motifs is 3. The number of rotatable bonds is 1. The van der Waals surface area contributed by atoms with Crippen LogP contribution in [0.25, 0.3) is 0 Å². The molecule has 4 heteroatoms. The van der Waals surface area contributed by atoms with Crippen LogP contribution in [0.5, 0.6) is 0 Å². The Morgan fingerprint density at radius 3 is 2.48 bits per heavy atom. The van der Waals surface area contributed by atoms with E-state index in [4.69, 9.17) is 23.2 Å². The minimum atomic E-state index is 0. The van der Waals surface area contributed by atoms with Crippen molar-refractivity contribution in [3.8, 4) is 0 Å². The van der Waals surface area contributed by atoms with Gasteiger partial charge >= 0.3 is 0 Å². The average Bonchev–Trinajstić information content (AvgIpc) is 2.88. The second kappa shape index (κ2) is 6.64. The molecule has 0 saturated carbocycles. The first-order chi connectivity index (χ1) is 10.6. The highest BCUT2D eigenvalue weighted by Gasteiger charge is 2.41. The van der Waals surface area contributed by atoms with E-state index in [2.05, 4.69) is 42.3 Å². The molecular formula is C19H20Cl3N. The van der Waals surface area contributed by atoms with Crippen LogP contribution < -0.4 is 0 Å². The third-order valence-corrected chi connectivity index (χ3v) is 5.97. The Morgan fingerprint density at radius 2 is 1.74 bits per heavy atom. The second-order valence-electron chi connectivity index (χ2n) is 6.53. The van der Waals surface area contributed by atoms with Crippen LogP contribution >= 0.6 is 35.6 Å². The normalized spacial score (nSPS) is 26.3. The van der Waals surface area contributed by atoms with Gasteiger partial charge in [-0.05, 0) is 55.3 Å². The van der Waals surface area contributed by atoms with Crippen molar-refractivity contribution in [3.63, 3.8) is 0 Å². The maximum absolute atomic E-state index is 6.51. The molecule has 1 heterocycles. The molecular weight excluding hydrogens is 349 g/mol. The molecule has 0 N–H and O–H groups in total. The topological polar surface area (TPSA) is 3.24 Å². The van der Waals surface area contributed by atoms with Gasteiger partial charge in [-0.1, -0.05) is 53.5 Å². The maximum atomic E-state index is 6.51. The van der Waals surface area contributed by atoms with Gasteiger partial charge in [-0.25, -0.2) is 0 Å². The molecule has 3 atom stereocenters. The fourth-order valence-electron chi connectivity index (χ4n) is 4.33. The summed E-state index contributed by atoms with van der Waals surface area (Å²) in [7, 11) is 2.25. The van der Waals surface area contributed by atoms with E-state index in [0.717, 1.165) is 11.4 Å². The van der Waals surface area contributed by atoms with Crippen molar-refractivity contribution in [1.29, 1.82) is 0 Å². The van der Waals surface area contributed by atoms with Crippen molar-refractivity contribution in [1.82, 2.24) is 4.90 Å². The van der Waals surface area contributed by atoms with E-state index in [1.807, 2.05) is 12.1 Å². The number of likely N-dealkylation sites (N-methyl/N-ethyl adjacent to an activating group) is 1. The van der Waals surface area contributed by atoms with E-state index in [0.29, 0.717) is 22.9 Å². The van der Waals surface area contributed by atoms with Crippen molar-refractivity contribution in [2.45, 2.75) is 30.7 Å². The van der Waals surface area contributed by atoms with Gasteiger partial charge in [0.2, 0.25) is 0 Å². The quantitative estimate of drug-likeness (QED) is 0.620. The highest BCUT2D eigenvalue weighted by molar-refractivity contribution is 6.35. The van der Waals surface area contributed by atoms with E-state index in [1.54, 1.807) is 0 Å². The Bertz CT molecular complexity index is 716. The van der Waals surface area contributed by atoms with Gasteiger partial charge in [0.1, 0.15) is 0 Å². The van der Waals surface area contributed by atoms with Crippen LogP contribution in [0.2, 0.25) is 10.0 Å². The van der Waals surface area contributed by atoms with E-state index >= 15 is 0 Å². The van der Waals surface area contributed by atoms with E-state index in [-0.39, 0.29) is 12.4 Å². The number of hydrogen-bond acceptors (Lipinski definition) is 1. The van der Waals surface area contributed by atoms with E-state index in [9.17, 15) is 0 Å². The summed E-state index contributed by atoms with van der Waals surface area (Å²) in [4.78, 5) is 2.51. The summed E-state index contributed by atoms with van der Waals surface area (Å²) in [6, 6.07) is 15.4. The first-order valence-electron chi connectivity index (χ1n) is 7.89. The van der Waals surface area contributed by atoms with Crippen molar-refractivity contribution >= 4 is 35.6 Å².